The predicted molar refractivity (Wildman–Crippen MR) is 45.6 cm³/mol. The van der Waals surface area contributed by atoms with Crippen molar-refractivity contribution in [2.24, 2.45) is 0 Å². The van der Waals surface area contributed by atoms with Gasteiger partial charge in [-0.05, 0) is 24.5 Å². The maximum atomic E-state index is 13.1. The Hall–Kier alpha value is -0.560. The van der Waals surface area contributed by atoms with E-state index in [-0.39, 0.29) is 5.82 Å². The van der Waals surface area contributed by atoms with Crippen molar-refractivity contribution < 1.29 is 4.39 Å². The van der Waals surface area contributed by atoms with Crippen molar-refractivity contribution >= 4 is 11.6 Å². The molecule has 0 aliphatic heterocycles. The number of rotatable bonds is 2. The summed E-state index contributed by atoms with van der Waals surface area (Å²) in [6, 6.07) is 5.37. The molecule has 0 atom stereocenters. The van der Waals surface area contributed by atoms with E-state index in [1.165, 1.54) is 0 Å². The van der Waals surface area contributed by atoms with Gasteiger partial charge in [0.05, 0.1) is 0 Å². The Morgan fingerprint density at radius 1 is 1.45 bits per heavy atom. The van der Waals surface area contributed by atoms with E-state index in [9.17, 15) is 4.39 Å². The van der Waals surface area contributed by atoms with Crippen LogP contribution >= 0.6 is 11.6 Å². The van der Waals surface area contributed by atoms with Crippen LogP contribution in [-0.2, 0) is 6.42 Å². The lowest BCUT2D eigenvalue weighted by Crippen LogP contribution is -1.93. The zero-order valence-electron chi connectivity index (χ0n) is 6.40. The summed E-state index contributed by atoms with van der Waals surface area (Å²) in [6.45, 7) is 1.76. The van der Waals surface area contributed by atoms with Gasteiger partial charge in [-0.25, -0.2) is 4.39 Å². The van der Waals surface area contributed by atoms with Gasteiger partial charge < -0.3 is 0 Å². The van der Waals surface area contributed by atoms with E-state index >= 15 is 0 Å². The highest BCUT2D eigenvalue weighted by atomic mass is 35.5. The summed E-state index contributed by atoms with van der Waals surface area (Å²) in [5.41, 5.74) is 1.40. The minimum absolute atomic E-state index is 0.117. The summed E-state index contributed by atoms with van der Waals surface area (Å²) in [5.74, 6) is 0.355. The van der Waals surface area contributed by atoms with Gasteiger partial charge in [-0.2, -0.15) is 0 Å². The fraction of sp³-hybridized carbons (Fsp3) is 0.333. The first kappa shape index (κ1) is 8.54. The molecule has 2 heteroatoms. The smallest absolute Gasteiger partial charge is 0.129 e. The maximum absolute atomic E-state index is 13.1. The average Bonchev–Trinajstić information content (AvgIpc) is 1.99. The highest BCUT2D eigenvalue weighted by Gasteiger charge is 2.02. The van der Waals surface area contributed by atoms with E-state index < -0.39 is 0 Å². The lowest BCUT2D eigenvalue weighted by atomic mass is 10.1. The summed E-state index contributed by atoms with van der Waals surface area (Å²) >= 11 is 5.49. The van der Waals surface area contributed by atoms with Crippen LogP contribution in [0.25, 0.3) is 0 Å². The van der Waals surface area contributed by atoms with E-state index in [1.807, 2.05) is 6.07 Å². The van der Waals surface area contributed by atoms with Crippen molar-refractivity contribution in [1.82, 2.24) is 0 Å². The van der Waals surface area contributed by atoms with Crippen LogP contribution in [0.2, 0.25) is 0 Å². The quantitative estimate of drug-likeness (QED) is 0.602. The molecule has 1 aromatic carbocycles. The first-order valence-electron chi connectivity index (χ1n) is 3.55. The molecule has 0 saturated heterocycles. The zero-order valence-corrected chi connectivity index (χ0v) is 7.16. The summed E-state index contributed by atoms with van der Waals surface area (Å²) in [4.78, 5) is 0. The highest BCUT2D eigenvalue weighted by Crippen LogP contribution is 2.12. The van der Waals surface area contributed by atoms with Crippen LogP contribution < -0.4 is 0 Å². The molecule has 0 aliphatic carbocycles. The Bertz CT molecular complexity index is 245. The van der Waals surface area contributed by atoms with E-state index in [1.54, 1.807) is 19.1 Å². The second-order valence-corrected chi connectivity index (χ2v) is 2.86. The highest BCUT2D eigenvalue weighted by molar-refractivity contribution is 6.17. The molecule has 1 rings (SSSR count). The normalized spacial score (nSPS) is 10.1. The van der Waals surface area contributed by atoms with E-state index in [0.29, 0.717) is 23.4 Å². The monoisotopic (exact) mass is 172 g/mol. The number of hydrogen-bond donors (Lipinski definition) is 0. The van der Waals surface area contributed by atoms with E-state index in [2.05, 4.69) is 0 Å². The zero-order chi connectivity index (χ0) is 8.27. The second kappa shape index (κ2) is 3.72. The third kappa shape index (κ3) is 1.93. The van der Waals surface area contributed by atoms with Crippen LogP contribution in [0.5, 0.6) is 0 Å². The third-order valence-corrected chi connectivity index (χ3v) is 1.82. The molecule has 0 N–H and O–H groups in total. The molecule has 0 bridgehead atoms. The van der Waals surface area contributed by atoms with Crippen LogP contribution in [-0.4, -0.2) is 5.88 Å². The van der Waals surface area contributed by atoms with Crippen LogP contribution in [0, 0.1) is 12.7 Å². The van der Waals surface area contributed by atoms with Gasteiger partial charge in [0.25, 0.3) is 0 Å². The minimum Gasteiger partial charge on any atom is -0.206 e. The van der Waals surface area contributed by atoms with Gasteiger partial charge in [0, 0.05) is 5.88 Å². The lowest BCUT2D eigenvalue weighted by molar-refractivity contribution is 0.603. The van der Waals surface area contributed by atoms with Crippen LogP contribution in [0.1, 0.15) is 11.1 Å². The van der Waals surface area contributed by atoms with E-state index in [0.717, 1.165) is 0 Å². The molecule has 0 radical (unpaired) electrons. The largest absolute Gasteiger partial charge is 0.206 e. The first-order chi connectivity index (χ1) is 5.25. The van der Waals surface area contributed by atoms with Crippen molar-refractivity contribution in [1.29, 1.82) is 0 Å². The molecule has 0 amide bonds. The van der Waals surface area contributed by atoms with Gasteiger partial charge >= 0.3 is 0 Å². The van der Waals surface area contributed by atoms with Gasteiger partial charge in [0.1, 0.15) is 5.82 Å². The summed E-state index contributed by atoms with van der Waals surface area (Å²) in [6.07, 6.45) is 0.606. The van der Waals surface area contributed by atoms with Crippen LogP contribution in [0.4, 0.5) is 4.39 Å². The Kier molecular flexibility index (Phi) is 2.89. The Morgan fingerprint density at radius 3 is 2.82 bits per heavy atom. The number of hydrogen-bond acceptors (Lipinski definition) is 0. The van der Waals surface area contributed by atoms with Crippen molar-refractivity contribution in [3.8, 4) is 0 Å². The molecule has 0 aliphatic rings. The van der Waals surface area contributed by atoms with Crippen LogP contribution in [0.3, 0.4) is 0 Å². The Morgan fingerprint density at radius 2 is 2.18 bits per heavy atom. The second-order valence-electron chi connectivity index (χ2n) is 2.49. The fourth-order valence-corrected chi connectivity index (χ4v) is 1.21. The predicted octanol–water partition coefficient (Wildman–Crippen LogP) is 2.92. The molecule has 0 heterocycles. The van der Waals surface area contributed by atoms with Gasteiger partial charge in [-0.3, -0.25) is 0 Å². The molecular formula is C9H10ClF. The van der Waals surface area contributed by atoms with Gasteiger partial charge in [-0.15, -0.1) is 11.6 Å². The molecule has 11 heavy (non-hydrogen) atoms. The molecule has 0 nitrogen and oxygen atoms in total. The third-order valence-electron chi connectivity index (χ3n) is 1.64. The number of halogens is 2. The number of aryl methyl sites for hydroxylation is 2. The van der Waals surface area contributed by atoms with Gasteiger partial charge in [0.2, 0.25) is 0 Å². The van der Waals surface area contributed by atoms with Crippen molar-refractivity contribution in [3.63, 3.8) is 0 Å². The SMILES string of the molecule is Cc1cccc(CCCl)c1F. The molecule has 1 aromatic rings. The van der Waals surface area contributed by atoms with Crippen molar-refractivity contribution in [3.05, 3.63) is 35.1 Å². The molecule has 0 unspecified atom stereocenters. The number of benzene rings is 1. The van der Waals surface area contributed by atoms with Crippen molar-refractivity contribution in [2.75, 3.05) is 5.88 Å². The molecule has 0 saturated carbocycles. The summed E-state index contributed by atoms with van der Waals surface area (Å²) < 4.78 is 13.1. The average molecular weight is 173 g/mol. The Balaban J connectivity index is 2.96. The van der Waals surface area contributed by atoms with Gasteiger partial charge in [0.15, 0.2) is 0 Å². The van der Waals surface area contributed by atoms with Crippen molar-refractivity contribution in [2.45, 2.75) is 13.3 Å². The maximum Gasteiger partial charge on any atom is 0.129 e. The topological polar surface area (TPSA) is 0 Å². The first-order valence-corrected chi connectivity index (χ1v) is 4.09. The molecule has 0 spiro atoms. The van der Waals surface area contributed by atoms with E-state index in [4.69, 9.17) is 11.6 Å². The number of alkyl halides is 1. The summed E-state index contributed by atoms with van der Waals surface area (Å²) in [5, 5.41) is 0. The molecule has 60 valence electrons. The molecule has 0 fully saturated rings. The fourth-order valence-electron chi connectivity index (χ4n) is 1.00. The minimum atomic E-state index is -0.117. The lowest BCUT2D eigenvalue weighted by Gasteiger charge is -2.01. The molecular weight excluding hydrogens is 163 g/mol. The summed E-state index contributed by atoms with van der Waals surface area (Å²) in [7, 11) is 0. The Labute approximate surface area is 71.0 Å². The standard InChI is InChI=1S/C9H10ClF/c1-7-3-2-4-8(5-6-10)9(7)11/h2-4H,5-6H2,1H3. The van der Waals surface area contributed by atoms with Gasteiger partial charge in [-0.1, -0.05) is 18.2 Å². The van der Waals surface area contributed by atoms with Crippen LogP contribution in [0.15, 0.2) is 18.2 Å². The molecule has 0 aromatic heterocycles.